The molecule has 1 N–H and O–H groups in total. The third-order valence-corrected chi connectivity index (χ3v) is 9.41. The lowest BCUT2D eigenvalue weighted by Crippen LogP contribution is -2.54. The molecule has 1 aliphatic rings. The van der Waals surface area contributed by atoms with Gasteiger partial charge in [-0.25, -0.2) is 8.42 Å². The van der Waals surface area contributed by atoms with E-state index in [1.165, 1.54) is 20.8 Å². The molecule has 13 heteroatoms. The van der Waals surface area contributed by atoms with Gasteiger partial charge in [-0.05, 0) is 37.5 Å². The summed E-state index contributed by atoms with van der Waals surface area (Å²) in [5.41, 5.74) is -1.39. The summed E-state index contributed by atoms with van der Waals surface area (Å²) < 4.78 is 83.0. The molecule has 2 rings (SSSR count). The fourth-order valence-corrected chi connectivity index (χ4v) is 6.87. The van der Waals surface area contributed by atoms with Crippen LogP contribution in [0.4, 0.5) is 19.2 Å². The number of sulfone groups is 1. The third-order valence-electron chi connectivity index (χ3n) is 4.74. The minimum Gasteiger partial charge on any atom is -0.616 e. The van der Waals surface area contributed by atoms with Crippen LogP contribution in [0.15, 0.2) is 27.7 Å². The first-order chi connectivity index (χ1) is 14.2. The normalized spacial score (nSPS) is 20.9. The fourth-order valence-electron chi connectivity index (χ4n) is 3.10. The lowest BCUT2D eigenvalue weighted by atomic mass is 9.86. The number of aryl methyl sites for hydroxylation is 1. The van der Waals surface area contributed by atoms with Gasteiger partial charge in [0.1, 0.15) is 11.5 Å². The van der Waals surface area contributed by atoms with Crippen molar-refractivity contribution in [3.8, 4) is 0 Å². The summed E-state index contributed by atoms with van der Waals surface area (Å²) in [5, 5.41) is 8.42. The molecule has 8 nitrogen and oxygen atoms in total. The molecule has 0 saturated carbocycles. The van der Waals surface area contributed by atoms with Crippen LogP contribution < -0.4 is 5.32 Å². The van der Waals surface area contributed by atoms with Gasteiger partial charge in [-0.2, -0.15) is 13.2 Å². The number of anilines is 1. The van der Waals surface area contributed by atoms with Crippen molar-refractivity contribution in [3.63, 3.8) is 0 Å². The molecule has 0 bridgehead atoms. The molecule has 0 radical (unpaired) electrons. The maximum atomic E-state index is 13.9. The first-order valence-corrected chi connectivity index (χ1v) is 12.5. The molecule has 1 unspecified atom stereocenters. The predicted octanol–water partition coefficient (Wildman–Crippen LogP) is 2.86. The molecule has 1 amide bonds. The minimum absolute atomic E-state index is 0.154. The number of carbonyl (C=O) groups is 1. The van der Waals surface area contributed by atoms with Crippen LogP contribution in [0.3, 0.4) is 0 Å². The number of halogens is 3. The Labute approximate surface area is 181 Å². The third kappa shape index (κ3) is 5.69. The first-order valence-electron chi connectivity index (χ1n) is 9.43. The highest BCUT2D eigenvalue weighted by molar-refractivity contribution is 7.96. The molecule has 2 atom stereocenters. The van der Waals surface area contributed by atoms with Crippen LogP contribution in [0.2, 0.25) is 0 Å². The molecule has 0 aromatic carbocycles. The maximum Gasteiger partial charge on any atom is 0.417 e. The van der Waals surface area contributed by atoms with Gasteiger partial charge in [0.05, 0.1) is 10.8 Å². The number of hydrogen-bond acceptors (Lipinski definition) is 7. The van der Waals surface area contributed by atoms with Crippen molar-refractivity contribution in [1.29, 1.82) is 0 Å². The molecule has 0 fully saturated rings. The highest BCUT2D eigenvalue weighted by Gasteiger charge is 2.59. The van der Waals surface area contributed by atoms with Crippen LogP contribution in [0, 0.1) is 6.92 Å². The summed E-state index contributed by atoms with van der Waals surface area (Å²) >= 11 is -2.22. The van der Waals surface area contributed by atoms with E-state index in [1.54, 1.807) is 6.92 Å². The van der Waals surface area contributed by atoms with E-state index in [2.05, 4.69) is 15.5 Å². The Hall–Kier alpha value is -1.86. The standard InChI is InChI=1S/C18H24F3N3O5S2/c1-5-8-30(26)17(10-31(27,28)11(2)3)9-13(6-7-14(17)18(19,20)21)15(25)22-16-24-23-12(4)29-16/h6-7,11H,5,8-10H2,1-4H3,(H,22,24,25)/t17?,30-/m1/s1. The van der Waals surface area contributed by atoms with Gasteiger partial charge in [0.25, 0.3) is 5.91 Å². The predicted molar refractivity (Wildman–Crippen MR) is 109 cm³/mol. The molecule has 174 valence electrons. The van der Waals surface area contributed by atoms with Gasteiger partial charge in [-0.3, -0.25) is 10.1 Å². The van der Waals surface area contributed by atoms with E-state index in [4.69, 9.17) is 4.42 Å². The van der Waals surface area contributed by atoms with Crippen molar-refractivity contribution in [2.45, 2.75) is 56.7 Å². The van der Waals surface area contributed by atoms with Gasteiger partial charge in [0.15, 0.2) is 14.6 Å². The Balaban J connectivity index is 2.56. The number of carbonyl (C=O) groups excluding carboxylic acids is 1. The minimum atomic E-state index is -4.93. The Morgan fingerprint density at radius 1 is 1.35 bits per heavy atom. The SMILES string of the molecule is CCC[S@@+]([O-])C1(CS(=O)(=O)C(C)C)CC(C(=O)Nc2nnc(C)o2)=CC=C1C(F)(F)F. The second-order valence-electron chi connectivity index (χ2n) is 7.43. The van der Waals surface area contributed by atoms with Crippen molar-refractivity contribution < 1.29 is 35.4 Å². The number of hydrogen-bond donors (Lipinski definition) is 1. The van der Waals surface area contributed by atoms with Crippen LogP contribution in [-0.4, -0.2) is 56.8 Å². The lowest BCUT2D eigenvalue weighted by Gasteiger charge is -2.40. The number of aromatic nitrogens is 2. The van der Waals surface area contributed by atoms with Gasteiger partial charge in [0.2, 0.25) is 5.89 Å². The van der Waals surface area contributed by atoms with Crippen molar-refractivity contribution in [2.75, 3.05) is 16.8 Å². The summed E-state index contributed by atoms with van der Waals surface area (Å²) in [6.45, 7) is 5.79. The number of nitrogens with one attached hydrogen (secondary N) is 1. The van der Waals surface area contributed by atoms with Crippen LogP contribution in [0.1, 0.15) is 39.5 Å². The second-order valence-corrected chi connectivity index (χ2v) is 11.9. The number of nitrogens with zero attached hydrogens (tertiary/aromatic N) is 2. The van der Waals surface area contributed by atoms with Crippen LogP contribution in [0.5, 0.6) is 0 Å². The monoisotopic (exact) mass is 483 g/mol. The first kappa shape index (κ1) is 25.4. The smallest absolute Gasteiger partial charge is 0.417 e. The Morgan fingerprint density at radius 2 is 2.00 bits per heavy atom. The van der Waals surface area contributed by atoms with E-state index in [9.17, 15) is 30.9 Å². The second kappa shape index (κ2) is 9.33. The summed E-state index contributed by atoms with van der Waals surface area (Å²) in [4.78, 5) is 12.6. The average molecular weight is 484 g/mol. The molecule has 0 aliphatic heterocycles. The average Bonchev–Trinajstić information content (AvgIpc) is 3.05. The maximum absolute atomic E-state index is 13.9. The molecule has 1 aliphatic carbocycles. The zero-order valence-electron chi connectivity index (χ0n) is 17.4. The van der Waals surface area contributed by atoms with Gasteiger partial charge < -0.3 is 8.97 Å². The fraction of sp³-hybridized carbons (Fsp3) is 0.611. The largest absolute Gasteiger partial charge is 0.616 e. The quantitative estimate of drug-likeness (QED) is 0.564. The Morgan fingerprint density at radius 3 is 2.48 bits per heavy atom. The van der Waals surface area contributed by atoms with Crippen molar-refractivity contribution in [3.05, 3.63) is 29.2 Å². The molecular weight excluding hydrogens is 459 g/mol. The molecule has 31 heavy (non-hydrogen) atoms. The highest BCUT2D eigenvalue weighted by Crippen LogP contribution is 2.46. The zero-order chi connectivity index (χ0) is 23.6. The number of rotatable bonds is 8. The van der Waals surface area contributed by atoms with E-state index in [0.717, 1.165) is 6.08 Å². The van der Waals surface area contributed by atoms with E-state index in [0.29, 0.717) is 6.08 Å². The molecule has 1 aromatic heterocycles. The Kier molecular flexibility index (Phi) is 7.64. The van der Waals surface area contributed by atoms with E-state index >= 15 is 0 Å². The highest BCUT2D eigenvalue weighted by atomic mass is 32.2. The lowest BCUT2D eigenvalue weighted by molar-refractivity contribution is -0.113. The van der Waals surface area contributed by atoms with Gasteiger partial charge >= 0.3 is 12.2 Å². The van der Waals surface area contributed by atoms with Crippen molar-refractivity contribution >= 4 is 32.9 Å². The topological polar surface area (TPSA) is 125 Å². The molecule has 1 heterocycles. The van der Waals surface area contributed by atoms with Crippen LogP contribution in [0.25, 0.3) is 0 Å². The van der Waals surface area contributed by atoms with E-state index in [1.807, 2.05) is 0 Å². The summed E-state index contributed by atoms with van der Waals surface area (Å²) in [6, 6.07) is -0.260. The number of allylic oxidation sites excluding steroid dienone is 2. The van der Waals surface area contributed by atoms with Gasteiger partial charge in [0, 0.05) is 18.9 Å². The molecule has 0 saturated heterocycles. The summed E-state index contributed by atoms with van der Waals surface area (Å²) in [7, 11) is -4.05. The summed E-state index contributed by atoms with van der Waals surface area (Å²) in [5.74, 6) is -1.84. The van der Waals surface area contributed by atoms with Crippen molar-refractivity contribution in [1.82, 2.24) is 10.2 Å². The molecule has 0 spiro atoms. The van der Waals surface area contributed by atoms with Gasteiger partial charge in [-0.15, -0.1) is 5.10 Å². The van der Waals surface area contributed by atoms with E-state index in [-0.39, 0.29) is 29.7 Å². The Bertz CT molecular complexity index is 986. The number of alkyl halides is 3. The van der Waals surface area contributed by atoms with Crippen LogP contribution in [-0.2, 0) is 25.8 Å². The van der Waals surface area contributed by atoms with E-state index < -0.39 is 60.8 Å². The zero-order valence-corrected chi connectivity index (χ0v) is 19.1. The van der Waals surface area contributed by atoms with Gasteiger partial charge in [-0.1, -0.05) is 18.1 Å². The van der Waals surface area contributed by atoms with Crippen molar-refractivity contribution in [2.24, 2.45) is 0 Å². The summed E-state index contributed by atoms with van der Waals surface area (Å²) in [6.07, 6.45) is -3.74. The number of amides is 1. The van der Waals surface area contributed by atoms with Crippen LogP contribution >= 0.6 is 0 Å². The molecular formula is C18H24F3N3O5S2. The molecule has 1 aromatic rings.